The van der Waals surface area contributed by atoms with Crippen LogP contribution in [0.25, 0.3) is 16.9 Å². The van der Waals surface area contributed by atoms with Gasteiger partial charge < -0.3 is 9.64 Å². The van der Waals surface area contributed by atoms with E-state index in [9.17, 15) is 4.79 Å². The number of H-pyrrole nitrogens is 1. The summed E-state index contributed by atoms with van der Waals surface area (Å²) in [6, 6.07) is 7.09. The fourth-order valence-electron chi connectivity index (χ4n) is 3.91. The molecule has 0 aliphatic carbocycles. The summed E-state index contributed by atoms with van der Waals surface area (Å²) in [5, 5.41) is 12.3. The van der Waals surface area contributed by atoms with Crippen molar-refractivity contribution in [2.45, 2.75) is 26.3 Å². The minimum atomic E-state index is 0.0321. The van der Waals surface area contributed by atoms with Crippen molar-refractivity contribution >= 4 is 22.8 Å². The number of pyridine rings is 1. The second-order valence-electron chi connectivity index (χ2n) is 7.80. The average molecular weight is 405 g/mol. The fraction of sp³-hybridized carbons (Fsp3) is 0.429. The number of carbonyl (C=O) groups excluding carboxylic acids is 1. The van der Waals surface area contributed by atoms with Gasteiger partial charge in [-0.05, 0) is 25.3 Å². The van der Waals surface area contributed by atoms with Gasteiger partial charge in [-0.1, -0.05) is 6.92 Å². The highest BCUT2D eigenvalue weighted by Gasteiger charge is 2.27. The minimum absolute atomic E-state index is 0.0321. The molecule has 30 heavy (non-hydrogen) atoms. The van der Waals surface area contributed by atoms with Crippen LogP contribution in [-0.2, 0) is 9.53 Å². The number of rotatable bonds is 2. The first-order valence-electron chi connectivity index (χ1n) is 10.2. The smallest absolute Gasteiger partial charge is 0.236 e. The lowest BCUT2D eigenvalue weighted by Crippen LogP contribution is -2.44. The molecule has 1 N–H and O–H groups in total. The quantitative estimate of drug-likeness (QED) is 0.651. The third-order valence-corrected chi connectivity index (χ3v) is 5.70. The molecule has 3 aromatic rings. The maximum Gasteiger partial charge on any atom is 0.236 e. The Bertz CT molecular complexity index is 1140. The Kier molecular flexibility index (Phi) is 4.64. The van der Waals surface area contributed by atoms with Crippen molar-refractivity contribution in [1.29, 1.82) is 0 Å². The lowest BCUT2D eigenvalue weighted by Gasteiger charge is -2.34. The molecule has 9 nitrogen and oxygen atoms in total. The normalized spacial score (nSPS) is 21.9. The van der Waals surface area contributed by atoms with Crippen LogP contribution in [0.5, 0.6) is 0 Å². The summed E-state index contributed by atoms with van der Waals surface area (Å²) in [7, 11) is 0. The zero-order valence-electron chi connectivity index (χ0n) is 17.0. The van der Waals surface area contributed by atoms with Crippen molar-refractivity contribution in [2.24, 2.45) is 5.92 Å². The number of nitrogens with one attached hydrogen (secondary N) is 1. The molecule has 0 saturated carbocycles. The summed E-state index contributed by atoms with van der Waals surface area (Å²) in [6.45, 7) is 6.80. The Morgan fingerprint density at radius 2 is 2.20 bits per heavy atom. The second kappa shape index (κ2) is 7.46. The average Bonchev–Trinajstić information content (AvgIpc) is 3.48. The van der Waals surface area contributed by atoms with Gasteiger partial charge in [-0.2, -0.15) is 14.9 Å². The standard InChI is InChI=1S/C21H23N7O2/c1-14-4-7-26(21(14)29)8-5-16-11-19(27-9-10-30-13-15(27)2)24-20-17(16)12-23-28(20)18-3-6-22-25-18/h3,6,11-12,14-15H,4,7,9-10,13H2,1-2H3,(H,22,25)/t14?,15-/m1/s1. The molecule has 2 aliphatic heterocycles. The first-order chi connectivity index (χ1) is 14.6. The van der Waals surface area contributed by atoms with Gasteiger partial charge in [-0.3, -0.25) is 14.8 Å². The number of hydrogen-bond donors (Lipinski definition) is 1. The number of carbonyl (C=O) groups is 1. The summed E-state index contributed by atoms with van der Waals surface area (Å²) in [4.78, 5) is 21.0. The molecular formula is C21H23N7O2. The molecule has 0 radical (unpaired) electrons. The first kappa shape index (κ1) is 18.6. The summed E-state index contributed by atoms with van der Waals surface area (Å²) in [5.74, 6) is 4.88. The van der Waals surface area contributed by atoms with E-state index in [1.807, 2.05) is 19.1 Å². The Labute approximate surface area is 174 Å². The monoisotopic (exact) mass is 405 g/mol. The molecule has 5 heterocycles. The fourth-order valence-corrected chi connectivity index (χ4v) is 3.91. The second-order valence-corrected chi connectivity index (χ2v) is 7.80. The number of ether oxygens (including phenoxy) is 1. The summed E-state index contributed by atoms with van der Waals surface area (Å²) >= 11 is 0. The Balaban J connectivity index is 1.62. The van der Waals surface area contributed by atoms with Crippen molar-refractivity contribution in [3.63, 3.8) is 0 Å². The molecule has 3 aromatic heterocycles. The molecular weight excluding hydrogens is 382 g/mol. The third-order valence-electron chi connectivity index (χ3n) is 5.70. The van der Waals surface area contributed by atoms with Gasteiger partial charge in [-0.25, -0.2) is 4.98 Å². The number of fused-ring (bicyclic) bond motifs is 1. The summed E-state index contributed by atoms with van der Waals surface area (Å²) in [6.07, 6.45) is 4.28. The molecule has 0 bridgehead atoms. The minimum Gasteiger partial charge on any atom is -0.377 e. The first-order valence-corrected chi connectivity index (χ1v) is 10.2. The Morgan fingerprint density at radius 1 is 1.30 bits per heavy atom. The number of likely N-dealkylation sites (tertiary alicyclic amines) is 1. The largest absolute Gasteiger partial charge is 0.377 e. The zero-order valence-corrected chi connectivity index (χ0v) is 17.0. The van der Waals surface area contributed by atoms with Crippen LogP contribution in [0.1, 0.15) is 25.8 Å². The number of nitrogens with zero attached hydrogens (tertiary/aromatic N) is 6. The predicted molar refractivity (Wildman–Crippen MR) is 111 cm³/mol. The number of aromatic nitrogens is 5. The molecule has 2 saturated heterocycles. The highest BCUT2D eigenvalue weighted by Crippen LogP contribution is 2.26. The number of aromatic amines is 1. The van der Waals surface area contributed by atoms with Crippen molar-refractivity contribution in [3.05, 3.63) is 30.1 Å². The maximum absolute atomic E-state index is 12.3. The SMILES string of the molecule is CC1CCN(C#Cc2cc(N3CCOC[C@H]3C)nc3c2cnn3-c2ccn[nH]2)C1=O. The van der Waals surface area contributed by atoms with Crippen LogP contribution < -0.4 is 4.90 Å². The highest BCUT2D eigenvalue weighted by molar-refractivity contribution is 5.86. The molecule has 1 amide bonds. The molecule has 0 spiro atoms. The molecule has 5 rings (SSSR count). The van der Waals surface area contributed by atoms with Crippen LogP contribution in [0.4, 0.5) is 5.82 Å². The van der Waals surface area contributed by atoms with E-state index in [1.165, 1.54) is 0 Å². The van der Waals surface area contributed by atoms with Crippen molar-refractivity contribution in [1.82, 2.24) is 29.9 Å². The molecule has 2 aliphatic rings. The van der Waals surface area contributed by atoms with Gasteiger partial charge in [0.25, 0.3) is 0 Å². The lowest BCUT2D eigenvalue weighted by molar-refractivity contribution is -0.127. The molecule has 154 valence electrons. The summed E-state index contributed by atoms with van der Waals surface area (Å²) < 4.78 is 7.31. The van der Waals surface area contributed by atoms with E-state index in [-0.39, 0.29) is 17.9 Å². The Hall–Kier alpha value is -3.38. The molecule has 2 fully saturated rings. The Morgan fingerprint density at radius 3 is 2.93 bits per heavy atom. The number of morpholine rings is 1. The zero-order chi connectivity index (χ0) is 20.7. The molecule has 9 heteroatoms. The van der Waals surface area contributed by atoms with Gasteiger partial charge >= 0.3 is 0 Å². The predicted octanol–water partition coefficient (Wildman–Crippen LogP) is 1.55. The van der Waals surface area contributed by atoms with Crippen molar-refractivity contribution in [3.8, 4) is 17.8 Å². The lowest BCUT2D eigenvalue weighted by atomic mass is 10.1. The van der Waals surface area contributed by atoms with Gasteiger partial charge in [0.05, 0.1) is 37.0 Å². The van der Waals surface area contributed by atoms with E-state index in [0.717, 1.165) is 35.6 Å². The van der Waals surface area contributed by atoms with Gasteiger partial charge in [0.1, 0.15) is 5.82 Å². The van der Waals surface area contributed by atoms with Crippen molar-refractivity contribution < 1.29 is 9.53 Å². The van der Waals surface area contributed by atoms with Crippen LogP contribution in [-0.4, -0.2) is 68.1 Å². The van der Waals surface area contributed by atoms with Crippen LogP contribution in [0, 0.1) is 17.9 Å². The van der Waals surface area contributed by atoms with Gasteiger partial charge in [0.15, 0.2) is 11.5 Å². The van der Waals surface area contributed by atoms with E-state index in [2.05, 4.69) is 39.1 Å². The van der Waals surface area contributed by atoms with Gasteiger partial charge in [-0.15, -0.1) is 0 Å². The van der Waals surface area contributed by atoms with E-state index in [4.69, 9.17) is 9.72 Å². The third kappa shape index (κ3) is 3.19. The maximum atomic E-state index is 12.3. The van der Waals surface area contributed by atoms with Crippen LogP contribution in [0.3, 0.4) is 0 Å². The van der Waals surface area contributed by atoms with Crippen molar-refractivity contribution in [2.75, 3.05) is 31.2 Å². The number of anilines is 1. The van der Waals surface area contributed by atoms with Crippen LogP contribution in [0.2, 0.25) is 0 Å². The van der Waals surface area contributed by atoms with E-state index in [1.54, 1.807) is 22.0 Å². The number of amides is 1. The molecule has 0 aromatic carbocycles. The van der Waals surface area contributed by atoms with Crippen LogP contribution >= 0.6 is 0 Å². The van der Waals surface area contributed by atoms with E-state index < -0.39 is 0 Å². The topological polar surface area (TPSA) is 92.2 Å². The van der Waals surface area contributed by atoms with Gasteiger partial charge in [0, 0.05) is 36.7 Å². The van der Waals surface area contributed by atoms with Crippen LogP contribution in [0.15, 0.2) is 24.5 Å². The molecule has 2 atom stereocenters. The summed E-state index contributed by atoms with van der Waals surface area (Å²) in [5.41, 5.74) is 1.49. The number of hydrogen-bond acceptors (Lipinski definition) is 6. The van der Waals surface area contributed by atoms with Gasteiger partial charge in [0.2, 0.25) is 5.91 Å². The van der Waals surface area contributed by atoms with E-state index in [0.29, 0.717) is 25.4 Å². The van der Waals surface area contributed by atoms with E-state index >= 15 is 0 Å². The molecule has 1 unspecified atom stereocenters. The highest BCUT2D eigenvalue weighted by atomic mass is 16.5.